The highest BCUT2D eigenvalue weighted by atomic mass is 16.7. The number of amides is 1. The lowest BCUT2D eigenvalue weighted by Gasteiger charge is -2.33. The molecule has 2 saturated heterocycles. The minimum atomic E-state index is -0.262. The summed E-state index contributed by atoms with van der Waals surface area (Å²) in [5.41, 5.74) is 0.656. The summed E-state index contributed by atoms with van der Waals surface area (Å²) in [6.45, 7) is 2.57. The lowest BCUT2D eigenvalue weighted by atomic mass is 9.96. The van der Waals surface area contributed by atoms with E-state index in [0.717, 1.165) is 12.8 Å². The smallest absolute Gasteiger partial charge is 0.274 e. The maximum absolute atomic E-state index is 12.8. The number of aromatic nitrogens is 2. The van der Waals surface area contributed by atoms with Crippen molar-refractivity contribution in [2.45, 2.75) is 19.1 Å². The number of hydrogen-bond acceptors (Lipinski definition) is 5. The Kier molecular flexibility index (Phi) is 4.81. The van der Waals surface area contributed by atoms with Gasteiger partial charge in [0.25, 0.3) is 11.5 Å². The standard InChI is InChI=1S/C19H21N3O4/c23-17-7-6-16(20-22(17)15-4-2-1-3-5-15)18(24)21-10-8-14(9-11-21)19-25-12-13-26-19/h1-7,14,19H,8-13H2. The van der Waals surface area contributed by atoms with Crippen LogP contribution in [-0.2, 0) is 9.47 Å². The summed E-state index contributed by atoms with van der Waals surface area (Å²) >= 11 is 0. The summed E-state index contributed by atoms with van der Waals surface area (Å²) in [5.74, 6) is 0.175. The van der Waals surface area contributed by atoms with Crippen molar-refractivity contribution in [3.05, 3.63) is 58.5 Å². The van der Waals surface area contributed by atoms with Crippen LogP contribution in [-0.4, -0.2) is 53.2 Å². The number of para-hydroxylation sites is 1. The molecule has 1 aromatic heterocycles. The Morgan fingerprint density at radius 3 is 2.38 bits per heavy atom. The number of hydrogen-bond donors (Lipinski definition) is 0. The molecule has 1 amide bonds. The van der Waals surface area contributed by atoms with E-state index in [9.17, 15) is 9.59 Å². The van der Waals surface area contributed by atoms with E-state index in [2.05, 4.69) is 5.10 Å². The first-order valence-corrected chi connectivity index (χ1v) is 8.91. The SMILES string of the molecule is O=C(c1ccc(=O)n(-c2ccccc2)n1)N1CCC(C2OCCO2)CC1. The van der Waals surface area contributed by atoms with Gasteiger partial charge >= 0.3 is 0 Å². The number of likely N-dealkylation sites (tertiary alicyclic amines) is 1. The van der Waals surface area contributed by atoms with Crippen molar-refractivity contribution in [3.8, 4) is 5.69 Å². The van der Waals surface area contributed by atoms with Gasteiger partial charge in [-0.3, -0.25) is 9.59 Å². The molecule has 4 rings (SSSR count). The third kappa shape index (κ3) is 3.40. The van der Waals surface area contributed by atoms with E-state index in [1.165, 1.54) is 16.8 Å². The zero-order valence-corrected chi connectivity index (χ0v) is 14.4. The fourth-order valence-electron chi connectivity index (χ4n) is 3.46. The molecule has 136 valence electrons. The molecule has 2 aromatic rings. The van der Waals surface area contributed by atoms with Crippen LogP contribution in [0.15, 0.2) is 47.3 Å². The van der Waals surface area contributed by atoms with Crippen molar-refractivity contribution in [1.29, 1.82) is 0 Å². The van der Waals surface area contributed by atoms with Crippen LogP contribution in [0.3, 0.4) is 0 Å². The van der Waals surface area contributed by atoms with Crippen LogP contribution < -0.4 is 5.56 Å². The highest BCUT2D eigenvalue weighted by Crippen LogP contribution is 2.26. The van der Waals surface area contributed by atoms with Gasteiger partial charge in [-0.25, -0.2) is 0 Å². The Bertz CT molecular complexity index is 822. The van der Waals surface area contributed by atoms with Crippen LogP contribution in [0.2, 0.25) is 0 Å². The van der Waals surface area contributed by atoms with Gasteiger partial charge in [0.15, 0.2) is 6.29 Å². The van der Waals surface area contributed by atoms with Gasteiger partial charge in [-0.1, -0.05) is 18.2 Å². The third-order valence-electron chi connectivity index (χ3n) is 4.88. The molecule has 2 aliphatic heterocycles. The monoisotopic (exact) mass is 355 g/mol. The van der Waals surface area contributed by atoms with E-state index in [1.807, 2.05) is 18.2 Å². The Labute approximate surface area is 151 Å². The van der Waals surface area contributed by atoms with E-state index >= 15 is 0 Å². The van der Waals surface area contributed by atoms with Crippen molar-refractivity contribution in [3.63, 3.8) is 0 Å². The van der Waals surface area contributed by atoms with E-state index in [1.54, 1.807) is 17.0 Å². The van der Waals surface area contributed by atoms with E-state index in [4.69, 9.17) is 9.47 Å². The molecular formula is C19H21N3O4. The average Bonchev–Trinajstić information content (AvgIpc) is 3.23. The zero-order chi connectivity index (χ0) is 17.9. The maximum Gasteiger partial charge on any atom is 0.274 e. The van der Waals surface area contributed by atoms with Gasteiger partial charge in [-0.2, -0.15) is 9.78 Å². The molecule has 2 fully saturated rings. The van der Waals surface area contributed by atoms with E-state index in [-0.39, 0.29) is 23.5 Å². The molecule has 7 nitrogen and oxygen atoms in total. The van der Waals surface area contributed by atoms with Gasteiger partial charge in [-0.15, -0.1) is 0 Å². The quantitative estimate of drug-likeness (QED) is 0.833. The Hall–Kier alpha value is -2.51. The van der Waals surface area contributed by atoms with Crippen molar-refractivity contribution >= 4 is 5.91 Å². The summed E-state index contributed by atoms with van der Waals surface area (Å²) < 4.78 is 12.4. The minimum absolute atomic E-state index is 0.134. The predicted molar refractivity (Wildman–Crippen MR) is 94.2 cm³/mol. The summed E-state index contributed by atoms with van der Waals surface area (Å²) in [6, 6.07) is 12.0. The predicted octanol–water partition coefficient (Wildman–Crippen LogP) is 1.46. The third-order valence-corrected chi connectivity index (χ3v) is 4.88. The first-order valence-electron chi connectivity index (χ1n) is 8.91. The van der Waals surface area contributed by atoms with Crippen molar-refractivity contribution < 1.29 is 14.3 Å². The summed E-state index contributed by atoms with van der Waals surface area (Å²) in [6.07, 6.45) is 1.55. The molecule has 1 aromatic carbocycles. The molecular weight excluding hydrogens is 334 g/mol. The molecule has 3 heterocycles. The van der Waals surface area contributed by atoms with Crippen molar-refractivity contribution in [1.82, 2.24) is 14.7 Å². The topological polar surface area (TPSA) is 73.7 Å². The Morgan fingerprint density at radius 1 is 1.00 bits per heavy atom. The highest BCUT2D eigenvalue weighted by Gasteiger charge is 2.32. The number of benzene rings is 1. The first kappa shape index (κ1) is 16.9. The lowest BCUT2D eigenvalue weighted by molar-refractivity contribution is -0.0956. The van der Waals surface area contributed by atoms with Crippen molar-refractivity contribution in [2.75, 3.05) is 26.3 Å². The lowest BCUT2D eigenvalue weighted by Crippen LogP contribution is -2.42. The molecule has 0 N–H and O–H groups in total. The van der Waals surface area contributed by atoms with Gasteiger partial charge in [0, 0.05) is 25.1 Å². The van der Waals surface area contributed by atoms with Gasteiger partial charge in [0.2, 0.25) is 0 Å². The van der Waals surface area contributed by atoms with Gasteiger partial charge in [-0.05, 0) is 31.0 Å². The molecule has 0 unspecified atom stereocenters. The van der Waals surface area contributed by atoms with Crippen LogP contribution in [0.25, 0.3) is 5.69 Å². The number of ether oxygens (including phenoxy) is 2. The Morgan fingerprint density at radius 2 is 1.69 bits per heavy atom. The molecule has 0 aliphatic carbocycles. The number of nitrogens with zero attached hydrogens (tertiary/aromatic N) is 3. The zero-order valence-electron chi connectivity index (χ0n) is 14.4. The maximum atomic E-state index is 12.8. The molecule has 0 bridgehead atoms. The van der Waals surface area contributed by atoms with Gasteiger partial charge in [0.05, 0.1) is 18.9 Å². The van der Waals surface area contributed by atoms with E-state index in [0.29, 0.717) is 37.9 Å². The second-order valence-electron chi connectivity index (χ2n) is 6.54. The second-order valence-corrected chi connectivity index (χ2v) is 6.54. The molecule has 2 aliphatic rings. The number of carbonyl (C=O) groups excluding carboxylic acids is 1. The van der Waals surface area contributed by atoms with E-state index < -0.39 is 0 Å². The molecule has 0 atom stereocenters. The fraction of sp³-hybridized carbons (Fsp3) is 0.421. The average molecular weight is 355 g/mol. The van der Waals surface area contributed by atoms with Crippen LogP contribution in [0, 0.1) is 5.92 Å². The molecule has 0 spiro atoms. The molecule has 7 heteroatoms. The van der Waals surface area contributed by atoms with Gasteiger partial charge < -0.3 is 14.4 Å². The van der Waals surface area contributed by atoms with Crippen LogP contribution in [0.1, 0.15) is 23.3 Å². The van der Waals surface area contributed by atoms with Crippen LogP contribution >= 0.6 is 0 Å². The van der Waals surface area contributed by atoms with Crippen molar-refractivity contribution in [2.24, 2.45) is 5.92 Å². The fourth-order valence-corrected chi connectivity index (χ4v) is 3.46. The summed E-state index contributed by atoms with van der Waals surface area (Å²) in [5, 5.41) is 4.28. The largest absolute Gasteiger partial charge is 0.350 e. The first-order chi connectivity index (χ1) is 12.7. The Balaban J connectivity index is 1.48. The second kappa shape index (κ2) is 7.39. The molecule has 0 saturated carbocycles. The normalized spacial score (nSPS) is 19.0. The van der Waals surface area contributed by atoms with Crippen LogP contribution in [0.5, 0.6) is 0 Å². The molecule has 26 heavy (non-hydrogen) atoms. The summed E-state index contributed by atoms with van der Waals surface area (Å²) in [4.78, 5) is 26.7. The number of piperidine rings is 1. The highest BCUT2D eigenvalue weighted by molar-refractivity contribution is 5.92. The number of rotatable bonds is 3. The number of carbonyl (C=O) groups is 1. The van der Waals surface area contributed by atoms with Gasteiger partial charge in [0.1, 0.15) is 5.69 Å². The molecule has 0 radical (unpaired) electrons. The summed E-state index contributed by atoms with van der Waals surface area (Å²) in [7, 11) is 0. The van der Waals surface area contributed by atoms with Crippen LogP contribution in [0.4, 0.5) is 0 Å². The minimum Gasteiger partial charge on any atom is -0.350 e.